The molecule has 2 rings (SSSR count). The number of anilines is 1. The van der Waals surface area contributed by atoms with Gasteiger partial charge in [0.15, 0.2) is 0 Å². The predicted octanol–water partition coefficient (Wildman–Crippen LogP) is 3.61. The van der Waals surface area contributed by atoms with Gasteiger partial charge in [-0.15, -0.1) is 11.8 Å². The first-order valence-electron chi connectivity index (χ1n) is 8.74. The van der Waals surface area contributed by atoms with Crippen LogP contribution in [0.4, 0.5) is 5.69 Å². The summed E-state index contributed by atoms with van der Waals surface area (Å²) < 4.78 is 25.6. The Morgan fingerprint density at radius 3 is 2.41 bits per heavy atom. The van der Waals surface area contributed by atoms with Crippen molar-refractivity contribution < 1.29 is 13.2 Å². The highest BCUT2D eigenvalue weighted by Gasteiger charge is 2.22. The standard InChI is InChI=1S/C20H26N2O3S2/c1-5-16-9-11-17(12-10-16)15(2)21-20(23)14-22(27(4,24)25)18-7-6-8-19(13-18)26-3/h6-13,15H,5,14H2,1-4H3,(H,21,23)/t15-/m1/s1. The van der Waals surface area contributed by atoms with E-state index in [0.717, 1.165) is 27.4 Å². The van der Waals surface area contributed by atoms with Crippen LogP contribution in [0.15, 0.2) is 53.4 Å². The number of nitrogens with zero attached hydrogens (tertiary/aromatic N) is 1. The van der Waals surface area contributed by atoms with Crippen LogP contribution in [0.3, 0.4) is 0 Å². The number of hydrogen-bond acceptors (Lipinski definition) is 4. The van der Waals surface area contributed by atoms with Gasteiger partial charge in [-0.25, -0.2) is 8.42 Å². The number of benzene rings is 2. The molecule has 0 saturated heterocycles. The van der Waals surface area contributed by atoms with Gasteiger partial charge in [0.1, 0.15) is 6.54 Å². The molecule has 1 atom stereocenters. The SMILES string of the molecule is CCc1ccc([C@@H](C)NC(=O)CN(c2cccc(SC)c2)S(C)(=O)=O)cc1. The van der Waals surface area contributed by atoms with Crippen molar-refractivity contribution in [1.29, 1.82) is 0 Å². The maximum Gasteiger partial charge on any atom is 0.241 e. The summed E-state index contributed by atoms with van der Waals surface area (Å²) in [6, 6.07) is 15.0. The Hall–Kier alpha value is -1.99. The van der Waals surface area contributed by atoms with Gasteiger partial charge in [-0.05, 0) is 48.9 Å². The Balaban J connectivity index is 2.13. The van der Waals surface area contributed by atoms with E-state index in [9.17, 15) is 13.2 Å². The fraction of sp³-hybridized carbons (Fsp3) is 0.350. The summed E-state index contributed by atoms with van der Waals surface area (Å²) in [5.41, 5.74) is 2.70. The molecule has 0 aliphatic carbocycles. The van der Waals surface area contributed by atoms with Crippen molar-refractivity contribution in [2.24, 2.45) is 0 Å². The van der Waals surface area contributed by atoms with Crippen molar-refractivity contribution in [2.75, 3.05) is 23.4 Å². The molecular formula is C20H26N2O3S2. The molecule has 2 aromatic rings. The van der Waals surface area contributed by atoms with Crippen LogP contribution >= 0.6 is 11.8 Å². The van der Waals surface area contributed by atoms with Crippen LogP contribution in [0.25, 0.3) is 0 Å². The van der Waals surface area contributed by atoms with Crippen molar-refractivity contribution >= 4 is 33.4 Å². The van der Waals surface area contributed by atoms with Crippen molar-refractivity contribution in [2.45, 2.75) is 31.2 Å². The van der Waals surface area contributed by atoms with Gasteiger partial charge in [0.05, 0.1) is 18.0 Å². The molecular weight excluding hydrogens is 380 g/mol. The molecule has 0 heterocycles. The van der Waals surface area contributed by atoms with Gasteiger partial charge in [0.25, 0.3) is 0 Å². The minimum absolute atomic E-state index is 0.206. The Kier molecular flexibility index (Phi) is 7.33. The Morgan fingerprint density at radius 2 is 1.85 bits per heavy atom. The summed E-state index contributed by atoms with van der Waals surface area (Å²) >= 11 is 1.52. The lowest BCUT2D eigenvalue weighted by atomic mass is 10.1. The van der Waals surface area contributed by atoms with E-state index in [4.69, 9.17) is 0 Å². The third-order valence-corrected chi connectivity index (χ3v) is 6.16. The van der Waals surface area contributed by atoms with Gasteiger partial charge in [-0.2, -0.15) is 0 Å². The normalized spacial score (nSPS) is 12.4. The number of hydrogen-bond donors (Lipinski definition) is 1. The van der Waals surface area contributed by atoms with Gasteiger partial charge >= 0.3 is 0 Å². The average Bonchev–Trinajstić information content (AvgIpc) is 2.65. The molecule has 7 heteroatoms. The topological polar surface area (TPSA) is 66.5 Å². The number of amides is 1. The first-order valence-corrected chi connectivity index (χ1v) is 11.8. The monoisotopic (exact) mass is 406 g/mol. The molecule has 0 radical (unpaired) electrons. The van der Waals surface area contributed by atoms with Crippen molar-refractivity contribution in [3.05, 3.63) is 59.7 Å². The van der Waals surface area contributed by atoms with Gasteiger partial charge in [0, 0.05) is 4.90 Å². The molecule has 1 amide bonds. The number of aryl methyl sites for hydroxylation is 1. The third-order valence-electron chi connectivity index (χ3n) is 4.29. The van der Waals surface area contributed by atoms with Gasteiger partial charge < -0.3 is 5.32 Å². The van der Waals surface area contributed by atoms with Crippen LogP contribution in [-0.2, 0) is 21.2 Å². The molecule has 5 nitrogen and oxygen atoms in total. The first kappa shape index (κ1) is 21.3. The van der Waals surface area contributed by atoms with E-state index in [2.05, 4.69) is 12.2 Å². The minimum Gasteiger partial charge on any atom is -0.348 e. The average molecular weight is 407 g/mol. The predicted molar refractivity (Wildman–Crippen MR) is 113 cm³/mol. The molecule has 0 aliphatic rings. The number of carbonyl (C=O) groups excluding carboxylic acids is 1. The zero-order valence-corrected chi connectivity index (χ0v) is 17.7. The minimum atomic E-state index is -3.58. The van der Waals surface area contributed by atoms with E-state index < -0.39 is 10.0 Å². The Labute approximate surface area is 166 Å². The molecule has 0 fully saturated rings. The molecule has 0 saturated carbocycles. The summed E-state index contributed by atoms with van der Waals surface area (Å²) in [6.07, 6.45) is 3.99. The largest absolute Gasteiger partial charge is 0.348 e. The second-order valence-corrected chi connectivity index (χ2v) is 9.14. The molecule has 1 N–H and O–H groups in total. The van der Waals surface area contributed by atoms with Gasteiger partial charge in [-0.3, -0.25) is 9.10 Å². The molecule has 146 valence electrons. The lowest BCUT2D eigenvalue weighted by molar-refractivity contribution is -0.120. The molecule has 0 spiro atoms. The number of nitrogens with one attached hydrogen (secondary N) is 1. The van der Waals surface area contributed by atoms with Crippen molar-refractivity contribution in [1.82, 2.24) is 5.32 Å². The highest BCUT2D eigenvalue weighted by molar-refractivity contribution is 7.98. The summed E-state index contributed by atoms with van der Waals surface area (Å²) in [4.78, 5) is 13.4. The van der Waals surface area contributed by atoms with Crippen molar-refractivity contribution in [3.63, 3.8) is 0 Å². The smallest absolute Gasteiger partial charge is 0.241 e. The van der Waals surface area contributed by atoms with E-state index in [-0.39, 0.29) is 18.5 Å². The first-order chi connectivity index (χ1) is 12.7. The van der Waals surface area contributed by atoms with E-state index in [1.807, 2.05) is 43.5 Å². The molecule has 0 bridgehead atoms. The van der Waals surface area contributed by atoms with Crippen LogP contribution in [0, 0.1) is 0 Å². The van der Waals surface area contributed by atoms with Crippen molar-refractivity contribution in [3.8, 4) is 0 Å². The third kappa shape index (κ3) is 6.01. The van der Waals surface area contributed by atoms with Crippen LogP contribution < -0.4 is 9.62 Å². The van der Waals surface area contributed by atoms with Crippen LogP contribution in [0.5, 0.6) is 0 Å². The van der Waals surface area contributed by atoms with Crippen LogP contribution in [0.2, 0.25) is 0 Å². The lowest BCUT2D eigenvalue weighted by Crippen LogP contribution is -2.41. The lowest BCUT2D eigenvalue weighted by Gasteiger charge is -2.23. The highest BCUT2D eigenvalue weighted by atomic mass is 32.2. The molecule has 0 aromatic heterocycles. The highest BCUT2D eigenvalue weighted by Crippen LogP contribution is 2.24. The number of carbonyl (C=O) groups is 1. The maximum absolute atomic E-state index is 12.5. The number of thioether (sulfide) groups is 1. The summed E-state index contributed by atoms with van der Waals surface area (Å²) in [6.45, 7) is 3.72. The fourth-order valence-corrected chi connectivity index (χ4v) is 4.01. The second-order valence-electron chi connectivity index (χ2n) is 6.36. The quantitative estimate of drug-likeness (QED) is 0.680. The summed E-state index contributed by atoms with van der Waals surface area (Å²) in [5, 5.41) is 2.88. The van der Waals surface area contributed by atoms with Crippen LogP contribution in [-0.4, -0.2) is 33.4 Å². The van der Waals surface area contributed by atoms with E-state index in [1.54, 1.807) is 18.2 Å². The second kappa shape index (κ2) is 9.28. The number of sulfonamides is 1. The summed E-state index contributed by atoms with van der Waals surface area (Å²) in [5.74, 6) is -0.345. The van der Waals surface area contributed by atoms with E-state index >= 15 is 0 Å². The fourth-order valence-electron chi connectivity index (χ4n) is 2.71. The maximum atomic E-state index is 12.5. The molecule has 0 unspecified atom stereocenters. The molecule has 0 aliphatic heterocycles. The Morgan fingerprint density at radius 1 is 1.19 bits per heavy atom. The zero-order valence-electron chi connectivity index (χ0n) is 16.1. The van der Waals surface area contributed by atoms with Crippen LogP contribution in [0.1, 0.15) is 31.0 Å². The summed E-state index contributed by atoms with van der Waals surface area (Å²) in [7, 11) is -3.58. The van der Waals surface area contributed by atoms with E-state index in [1.165, 1.54) is 17.3 Å². The van der Waals surface area contributed by atoms with Gasteiger partial charge in [0.2, 0.25) is 15.9 Å². The zero-order chi connectivity index (χ0) is 20.0. The number of rotatable bonds is 8. The Bertz CT molecular complexity index is 880. The molecule has 2 aromatic carbocycles. The molecule has 27 heavy (non-hydrogen) atoms. The van der Waals surface area contributed by atoms with Gasteiger partial charge in [-0.1, -0.05) is 37.3 Å². The van der Waals surface area contributed by atoms with E-state index in [0.29, 0.717) is 5.69 Å².